The molecule has 22 heavy (non-hydrogen) atoms. The molecule has 0 bridgehead atoms. The van der Waals surface area contributed by atoms with Gasteiger partial charge < -0.3 is 15.4 Å². The summed E-state index contributed by atoms with van der Waals surface area (Å²) in [6, 6.07) is 4.50. The molecule has 1 aromatic rings. The second-order valence-electron chi connectivity index (χ2n) is 6.09. The van der Waals surface area contributed by atoms with Crippen LogP contribution in [0.2, 0.25) is 0 Å². The average molecular weight is 323 g/mol. The second kappa shape index (κ2) is 7.94. The molecule has 2 fully saturated rings. The van der Waals surface area contributed by atoms with E-state index in [2.05, 4.69) is 33.0 Å². The molecule has 0 saturated carbocycles. The first kappa shape index (κ1) is 15.8. The molecule has 2 saturated heterocycles. The highest BCUT2D eigenvalue weighted by atomic mass is 32.1. The molecule has 2 aliphatic rings. The molecule has 0 radical (unpaired) electrons. The van der Waals surface area contributed by atoms with Crippen molar-refractivity contribution < 1.29 is 9.53 Å². The Balaban J connectivity index is 1.47. The summed E-state index contributed by atoms with van der Waals surface area (Å²) >= 11 is 1.77. The van der Waals surface area contributed by atoms with Crippen molar-refractivity contribution in [2.45, 2.75) is 25.3 Å². The van der Waals surface area contributed by atoms with Crippen molar-refractivity contribution >= 4 is 17.4 Å². The molecule has 0 aromatic carbocycles. The van der Waals surface area contributed by atoms with Gasteiger partial charge in [-0.3, -0.25) is 4.90 Å². The van der Waals surface area contributed by atoms with Gasteiger partial charge in [0.25, 0.3) is 0 Å². The monoisotopic (exact) mass is 323 g/mol. The minimum absolute atomic E-state index is 0.0624. The summed E-state index contributed by atoms with van der Waals surface area (Å²) in [6.45, 7) is 5.23. The zero-order valence-corrected chi connectivity index (χ0v) is 13.7. The molecular weight excluding hydrogens is 298 g/mol. The molecule has 2 aliphatic heterocycles. The van der Waals surface area contributed by atoms with E-state index >= 15 is 0 Å². The van der Waals surface area contributed by atoms with Crippen LogP contribution < -0.4 is 10.6 Å². The number of carbonyl (C=O) groups excluding carboxylic acids is 1. The van der Waals surface area contributed by atoms with Gasteiger partial charge in [0.1, 0.15) is 0 Å². The maximum Gasteiger partial charge on any atom is 0.314 e. The van der Waals surface area contributed by atoms with Crippen molar-refractivity contribution in [2.24, 2.45) is 5.92 Å². The van der Waals surface area contributed by atoms with Gasteiger partial charge in [-0.1, -0.05) is 6.07 Å². The van der Waals surface area contributed by atoms with Crippen molar-refractivity contribution in [3.8, 4) is 0 Å². The van der Waals surface area contributed by atoms with E-state index in [1.165, 1.54) is 17.7 Å². The first-order chi connectivity index (χ1) is 10.8. The fraction of sp³-hybridized carbons (Fsp3) is 0.688. The van der Waals surface area contributed by atoms with Gasteiger partial charge in [-0.15, -0.1) is 11.3 Å². The average Bonchev–Trinajstić information content (AvgIpc) is 3.27. The first-order valence-electron chi connectivity index (χ1n) is 8.20. The molecule has 0 unspecified atom stereocenters. The highest BCUT2D eigenvalue weighted by molar-refractivity contribution is 7.10. The van der Waals surface area contributed by atoms with Crippen molar-refractivity contribution in [2.75, 3.05) is 39.4 Å². The predicted octanol–water partition coefficient (Wildman–Crippen LogP) is 2.22. The minimum Gasteiger partial charge on any atom is -0.381 e. The summed E-state index contributed by atoms with van der Waals surface area (Å²) in [7, 11) is 0. The Morgan fingerprint density at radius 1 is 1.41 bits per heavy atom. The van der Waals surface area contributed by atoms with Crippen molar-refractivity contribution in [3.63, 3.8) is 0 Å². The van der Waals surface area contributed by atoms with Gasteiger partial charge in [-0.2, -0.15) is 0 Å². The third-order valence-corrected chi connectivity index (χ3v) is 5.46. The van der Waals surface area contributed by atoms with Crippen LogP contribution in [0.4, 0.5) is 4.79 Å². The van der Waals surface area contributed by atoms with Crippen LogP contribution in [0.5, 0.6) is 0 Å². The summed E-state index contributed by atoms with van der Waals surface area (Å²) in [5.74, 6) is 0.470. The smallest absolute Gasteiger partial charge is 0.314 e. The summed E-state index contributed by atoms with van der Waals surface area (Å²) < 4.78 is 5.33. The molecule has 1 aromatic heterocycles. The number of amides is 2. The minimum atomic E-state index is -0.0624. The summed E-state index contributed by atoms with van der Waals surface area (Å²) in [4.78, 5) is 15.8. The normalized spacial score (nSPS) is 23.5. The number of nitrogens with one attached hydrogen (secondary N) is 2. The maximum atomic E-state index is 12.0. The Labute approximate surface area is 136 Å². The summed E-state index contributed by atoms with van der Waals surface area (Å²) in [5.41, 5.74) is 0. The Hall–Kier alpha value is -1.11. The Bertz CT molecular complexity index is 454. The molecule has 2 N–H and O–H groups in total. The number of carbonyl (C=O) groups is 1. The van der Waals surface area contributed by atoms with Crippen LogP contribution in [-0.4, -0.2) is 50.3 Å². The standard InChI is InChI=1S/C16H25N3O2S/c20-16(17-10-13-5-8-21-12-13)18-11-14(15-4-3-9-22-15)19-6-1-2-7-19/h3-4,9,13-14H,1-2,5-8,10-12H2,(H2,17,18,20)/t13-,14-/m0/s1. The lowest BCUT2D eigenvalue weighted by molar-refractivity contribution is 0.184. The molecule has 2 amide bonds. The summed E-state index contributed by atoms with van der Waals surface area (Å²) in [5, 5.41) is 8.13. The fourth-order valence-corrected chi connectivity index (χ4v) is 4.04. The largest absolute Gasteiger partial charge is 0.381 e. The number of hydrogen-bond donors (Lipinski definition) is 2. The van der Waals surface area contributed by atoms with Gasteiger partial charge in [0.05, 0.1) is 12.6 Å². The Kier molecular flexibility index (Phi) is 5.70. The van der Waals surface area contributed by atoms with Crippen LogP contribution in [0.1, 0.15) is 30.2 Å². The highest BCUT2D eigenvalue weighted by Crippen LogP contribution is 2.27. The Morgan fingerprint density at radius 2 is 2.27 bits per heavy atom. The zero-order chi connectivity index (χ0) is 15.2. The number of hydrogen-bond acceptors (Lipinski definition) is 4. The second-order valence-corrected chi connectivity index (χ2v) is 7.07. The van der Waals surface area contributed by atoms with Gasteiger partial charge >= 0.3 is 6.03 Å². The van der Waals surface area contributed by atoms with E-state index < -0.39 is 0 Å². The number of likely N-dealkylation sites (tertiary alicyclic amines) is 1. The van der Waals surface area contributed by atoms with Crippen LogP contribution in [0, 0.1) is 5.92 Å². The van der Waals surface area contributed by atoms with Gasteiger partial charge in [0.2, 0.25) is 0 Å². The van der Waals surface area contributed by atoms with E-state index in [1.807, 2.05) is 0 Å². The number of ether oxygens (including phenoxy) is 1. The van der Waals surface area contributed by atoms with Crippen LogP contribution in [0.3, 0.4) is 0 Å². The van der Waals surface area contributed by atoms with E-state index in [0.717, 1.165) is 32.7 Å². The Morgan fingerprint density at radius 3 is 2.95 bits per heavy atom. The molecule has 0 aliphatic carbocycles. The SMILES string of the molecule is O=C(NC[C@@H]1CCOC1)NC[C@@H](c1cccs1)N1CCCC1. The van der Waals surface area contributed by atoms with Crippen molar-refractivity contribution in [1.82, 2.24) is 15.5 Å². The number of thiophene rings is 1. The third kappa shape index (κ3) is 4.21. The summed E-state index contributed by atoms with van der Waals surface area (Å²) in [6.07, 6.45) is 3.57. The van der Waals surface area contributed by atoms with Crippen LogP contribution >= 0.6 is 11.3 Å². The molecule has 2 atom stereocenters. The van der Waals surface area contributed by atoms with E-state index in [9.17, 15) is 4.79 Å². The molecule has 122 valence electrons. The van der Waals surface area contributed by atoms with E-state index in [0.29, 0.717) is 25.0 Å². The van der Waals surface area contributed by atoms with Crippen LogP contribution in [0.15, 0.2) is 17.5 Å². The topological polar surface area (TPSA) is 53.6 Å². The van der Waals surface area contributed by atoms with Crippen LogP contribution in [-0.2, 0) is 4.74 Å². The maximum absolute atomic E-state index is 12.0. The van der Waals surface area contributed by atoms with E-state index in [-0.39, 0.29) is 6.03 Å². The van der Waals surface area contributed by atoms with Crippen molar-refractivity contribution in [3.05, 3.63) is 22.4 Å². The van der Waals surface area contributed by atoms with Gasteiger partial charge in [0.15, 0.2) is 0 Å². The molecule has 3 heterocycles. The number of nitrogens with zero attached hydrogens (tertiary/aromatic N) is 1. The lowest BCUT2D eigenvalue weighted by Gasteiger charge is -2.27. The molecule has 6 heteroatoms. The molecular formula is C16H25N3O2S. The van der Waals surface area contributed by atoms with E-state index in [4.69, 9.17) is 4.74 Å². The third-order valence-electron chi connectivity index (χ3n) is 4.48. The highest BCUT2D eigenvalue weighted by Gasteiger charge is 2.24. The number of urea groups is 1. The molecule has 3 rings (SSSR count). The quantitative estimate of drug-likeness (QED) is 0.844. The van der Waals surface area contributed by atoms with E-state index in [1.54, 1.807) is 11.3 Å². The molecule has 0 spiro atoms. The lowest BCUT2D eigenvalue weighted by Crippen LogP contribution is -2.42. The van der Waals surface area contributed by atoms with Gasteiger partial charge in [-0.05, 0) is 43.8 Å². The predicted molar refractivity (Wildman–Crippen MR) is 88.2 cm³/mol. The fourth-order valence-electron chi connectivity index (χ4n) is 3.18. The zero-order valence-electron chi connectivity index (χ0n) is 12.9. The first-order valence-corrected chi connectivity index (χ1v) is 9.08. The number of rotatable bonds is 6. The van der Waals surface area contributed by atoms with Gasteiger partial charge in [0, 0.05) is 30.5 Å². The van der Waals surface area contributed by atoms with Crippen molar-refractivity contribution in [1.29, 1.82) is 0 Å². The van der Waals surface area contributed by atoms with Gasteiger partial charge in [-0.25, -0.2) is 4.79 Å². The molecule has 5 nitrogen and oxygen atoms in total. The van der Waals surface area contributed by atoms with Crippen LogP contribution in [0.25, 0.3) is 0 Å². The lowest BCUT2D eigenvalue weighted by atomic mass is 10.1.